The summed E-state index contributed by atoms with van der Waals surface area (Å²) in [7, 11) is 3.15. The topological polar surface area (TPSA) is 96.0 Å². The normalized spacial score (nSPS) is 13.5. The molecule has 25 heavy (non-hydrogen) atoms. The van der Waals surface area contributed by atoms with Gasteiger partial charge in [0, 0.05) is 32.7 Å². The average molecular weight is 347 g/mol. The highest BCUT2D eigenvalue weighted by Crippen LogP contribution is 2.22. The molecule has 0 atom stereocenters. The number of rotatable bonds is 6. The molecule has 8 nitrogen and oxygen atoms in total. The van der Waals surface area contributed by atoms with E-state index in [-0.39, 0.29) is 23.9 Å². The number of nitrogens with zero attached hydrogens (tertiary/aromatic N) is 2. The maximum Gasteiger partial charge on any atom is 0.338 e. The van der Waals surface area contributed by atoms with Crippen molar-refractivity contribution < 1.29 is 23.9 Å². The Morgan fingerprint density at radius 3 is 2.68 bits per heavy atom. The van der Waals surface area contributed by atoms with E-state index < -0.39 is 18.5 Å². The van der Waals surface area contributed by atoms with E-state index in [1.165, 1.54) is 4.90 Å². The molecule has 134 valence electrons. The first-order valence-corrected chi connectivity index (χ1v) is 7.93. The van der Waals surface area contributed by atoms with Gasteiger partial charge in [-0.05, 0) is 24.6 Å². The molecule has 1 aromatic rings. The van der Waals surface area contributed by atoms with Gasteiger partial charge in [0.15, 0.2) is 6.61 Å². The molecule has 3 amide bonds. The van der Waals surface area contributed by atoms with E-state index in [1.54, 1.807) is 43.3 Å². The van der Waals surface area contributed by atoms with Crippen LogP contribution in [0.4, 0.5) is 5.69 Å². The Morgan fingerprint density at radius 1 is 1.28 bits per heavy atom. The lowest BCUT2D eigenvalue weighted by Gasteiger charge is -2.16. The number of anilines is 1. The molecule has 1 aliphatic rings. The molecular formula is C17H21N3O5. The SMILES string of the molecule is CN(C)C(=O)CNC(=O)COC(=O)c1cccc(N2CCCC2=O)c1. The monoisotopic (exact) mass is 347 g/mol. The number of hydrogen-bond donors (Lipinski definition) is 1. The van der Waals surface area contributed by atoms with Gasteiger partial charge in [-0.2, -0.15) is 0 Å². The standard InChI is InChI=1S/C17H21N3O5/c1-19(2)16(23)10-18-14(21)11-25-17(24)12-5-3-6-13(9-12)20-8-4-7-15(20)22/h3,5-6,9H,4,7-8,10-11H2,1-2H3,(H,18,21). The van der Waals surface area contributed by atoms with Crippen LogP contribution in [0.1, 0.15) is 23.2 Å². The molecule has 8 heteroatoms. The number of likely N-dealkylation sites (N-methyl/N-ethyl adjacent to an activating group) is 1. The zero-order valence-electron chi connectivity index (χ0n) is 14.3. The van der Waals surface area contributed by atoms with Crippen LogP contribution in [-0.2, 0) is 19.1 Å². The summed E-state index contributed by atoms with van der Waals surface area (Å²) >= 11 is 0. The highest BCUT2D eigenvalue weighted by atomic mass is 16.5. The average Bonchev–Trinajstić information content (AvgIpc) is 3.03. The second-order valence-electron chi connectivity index (χ2n) is 5.84. The first kappa shape index (κ1) is 18.4. The van der Waals surface area contributed by atoms with Crippen molar-refractivity contribution in [2.24, 2.45) is 0 Å². The number of esters is 1. The van der Waals surface area contributed by atoms with Crippen molar-refractivity contribution in [1.29, 1.82) is 0 Å². The Bertz CT molecular complexity index is 687. The third kappa shape index (κ3) is 5.03. The van der Waals surface area contributed by atoms with Gasteiger partial charge in [0.25, 0.3) is 5.91 Å². The first-order chi connectivity index (χ1) is 11.9. The molecule has 0 spiro atoms. The van der Waals surface area contributed by atoms with Gasteiger partial charge >= 0.3 is 5.97 Å². The smallest absolute Gasteiger partial charge is 0.338 e. The van der Waals surface area contributed by atoms with Crippen LogP contribution in [0.5, 0.6) is 0 Å². The van der Waals surface area contributed by atoms with Crippen LogP contribution in [0.25, 0.3) is 0 Å². The van der Waals surface area contributed by atoms with Gasteiger partial charge in [-0.15, -0.1) is 0 Å². The third-order valence-corrected chi connectivity index (χ3v) is 3.74. The fourth-order valence-electron chi connectivity index (χ4n) is 2.32. The largest absolute Gasteiger partial charge is 0.452 e. The van der Waals surface area contributed by atoms with Gasteiger partial charge in [-0.3, -0.25) is 14.4 Å². The van der Waals surface area contributed by atoms with Crippen LogP contribution in [0.3, 0.4) is 0 Å². The van der Waals surface area contributed by atoms with Crippen molar-refractivity contribution in [3.63, 3.8) is 0 Å². The summed E-state index contributed by atoms with van der Waals surface area (Å²) in [6.45, 7) is -0.0119. The van der Waals surface area contributed by atoms with Crippen LogP contribution in [0, 0.1) is 0 Å². The van der Waals surface area contributed by atoms with Gasteiger partial charge in [-0.25, -0.2) is 4.79 Å². The van der Waals surface area contributed by atoms with Crippen LogP contribution in [0.15, 0.2) is 24.3 Å². The van der Waals surface area contributed by atoms with E-state index in [1.807, 2.05) is 0 Å². The number of nitrogens with one attached hydrogen (secondary N) is 1. The third-order valence-electron chi connectivity index (χ3n) is 3.74. The van der Waals surface area contributed by atoms with E-state index in [2.05, 4.69) is 5.32 Å². The maximum absolute atomic E-state index is 12.1. The highest BCUT2D eigenvalue weighted by molar-refractivity contribution is 5.98. The molecule has 0 radical (unpaired) electrons. The Balaban J connectivity index is 1.87. The van der Waals surface area contributed by atoms with Crippen molar-refractivity contribution in [3.05, 3.63) is 29.8 Å². The van der Waals surface area contributed by atoms with Gasteiger partial charge in [-0.1, -0.05) is 6.07 Å². The van der Waals surface area contributed by atoms with E-state index in [9.17, 15) is 19.2 Å². The minimum absolute atomic E-state index is 0.0236. The minimum atomic E-state index is -0.664. The van der Waals surface area contributed by atoms with Gasteiger partial charge < -0.3 is 19.9 Å². The number of carbonyl (C=O) groups excluding carboxylic acids is 4. The van der Waals surface area contributed by atoms with Crippen molar-refractivity contribution in [2.45, 2.75) is 12.8 Å². The number of ether oxygens (including phenoxy) is 1. The van der Waals surface area contributed by atoms with Crippen molar-refractivity contribution in [3.8, 4) is 0 Å². The second-order valence-corrected chi connectivity index (χ2v) is 5.84. The van der Waals surface area contributed by atoms with Crippen LogP contribution in [-0.4, -0.2) is 62.4 Å². The number of hydrogen-bond acceptors (Lipinski definition) is 5. The molecule has 0 bridgehead atoms. The van der Waals surface area contributed by atoms with E-state index in [0.29, 0.717) is 18.7 Å². The molecule has 1 saturated heterocycles. The summed E-state index contributed by atoms with van der Waals surface area (Å²) in [5.41, 5.74) is 0.896. The summed E-state index contributed by atoms with van der Waals surface area (Å²) in [5.74, 6) is -1.46. The zero-order chi connectivity index (χ0) is 18.4. The van der Waals surface area contributed by atoms with Gasteiger partial charge in [0.1, 0.15) is 0 Å². The van der Waals surface area contributed by atoms with E-state index >= 15 is 0 Å². The Kier molecular flexibility index (Phi) is 6.10. The van der Waals surface area contributed by atoms with Gasteiger partial charge in [0.05, 0.1) is 12.1 Å². The van der Waals surface area contributed by atoms with Crippen molar-refractivity contribution in [2.75, 3.05) is 38.7 Å². The summed E-state index contributed by atoms with van der Waals surface area (Å²) in [6.07, 6.45) is 1.29. The molecule has 2 rings (SSSR count). The lowest BCUT2D eigenvalue weighted by Crippen LogP contribution is -2.38. The predicted molar refractivity (Wildman–Crippen MR) is 90.0 cm³/mol. The quantitative estimate of drug-likeness (QED) is 0.740. The number of carbonyl (C=O) groups is 4. The van der Waals surface area contributed by atoms with Crippen molar-refractivity contribution in [1.82, 2.24) is 10.2 Å². The Hall–Kier alpha value is -2.90. The van der Waals surface area contributed by atoms with Crippen LogP contribution >= 0.6 is 0 Å². The molecule has 1 N–H and O–H groups in total. The molecule has 0 aliphatic carbocycles. The molecular weight excluding hydrogens is 326 g/mol. The fraction of sp³-hybridized carbons (Fsp3) is 0.412. The van der Waals surface area contributed by atoms with Gasteiger partial charge in [0.2, 0.25) is 11.8 Å². The zero-order valence-corrected chi connectivity index (χ0v) is 14.3. The molecule has 0 aromatic heterocycles. The first-order valence-electron chi connectivity index (χ1n) is 7.93. The number of benzene rings is 1. The lowest BCUT2D eigenvalue weighted by molar-refractivity contribution is -0.131. The minimum Gasteiger partial charge on any atom is -0.452 e. The Morgan fingerprint density at radius 2 is 2.04 bits per heavy atom. The van der Waals surface area contributed by atoms with Crippen LogP contribution in [0.2, 0.25) is 0 Å². The summed E-state index contributed by atoms with van der Waals surface area (Å²) in [6, 6.07) is 6.53. The fourth-order valence-corrected chi connectivity index (χ4v) is 2.32. The summed E-state index contributed by atoms with van der Waals surface area (Å²) < 4.78 is 4.95. The summed E-state index contributed by atoms with van der Waals surface area (Å²) in [4.78, 5) is 49.8. The summed E-state index contributed by atoms with van der Waals surface area (Å²) in [5, 5.41) is 2.37. The van der Waals surface area contributed by atoms with Crippen molar-refractivity contribution >= 4 is 29.4 Å². The maximum atomic E-state index is 12.1. The molecule has 1 heterocycles. The molecule has 1 aliphatic heterocycles. The molecule has 0 unspecified atom stereocenters. The van der Waals surface area contributed by atoms with E-state index in [4.69, 9.17) is 4.74 Å². The Labute approximate surface area is 145 Å². The second kappa shape index (κ2) is 8.27. The van der Waals surface area contributed by atoms with E-state index in [0.717, 1.165) is 6.42 Å². The molecule has 0 saturated carbocycles. The molecule has 1 aromatic carbocycles. The lowest BCUT2D eigenvalue weighted by atomic mass is 10.2. The van der Waals surface area contributed by atoms with Crippen LogP contribution < -0.4 is 10.2 Å². The molecule has 1 fully saturated rings. The predicted octanol–water partition coefficient (Wildman–Crippen LogP) is 0.175. The highest BCUT2D eigenvalue weighted by Gasteiger charge is 2.22. The number of amides is 3.